The van der Waals surface area contributed by atoms with Crippen LogP contribution in [-0.2, 0) is 46.2 Å². The van der Waals surface area contributed by atoms with Crippen LogP contribution in [0.25, 0.3) is 0 Å². The smallest absolute Gasteiger partial charge is 0.416 e. The van der Waals surface area contributed by atoms with Crippen LogP contribution in [0.15, 0.2) is 77.7 Å². The summed E-state index contributed by atoms with van der Waals surface area (Å²) in [6.07, 6.45) is -11.4. The fraction of sp³-hybridized carbons (Fsp3) is 0.273. The van der Waals surface area contributed by atoms with Crippen molar-refractivity contribution in [3.05, 3.63) is 126 Å². The molecule has 81 heavy (non-hydrogen) atoms. The van der Waals surface area contributed by atoms with Crippen LogP contribution in [0.1, 0.15) is 51.0 Å². The number of nitro groups is 1. The molecule has 0 bridgehead atoms. The molecule has 0 saturated heterocycles. The first-order valence-corrected chi connectivity index (χ1v) is 26.1. The summed E-state index contributed by atoms with van der Waals surface area (Å²) < 4.78 is 136. The molecule has 26 nitrogen and oxygen atoms in total. The van der Waals surface area contributed by atoms with Crippen LogP contribution in [0, 0.1) is 17.0 Å². The van der Waals surface area contributed by atoms with Crippen molar-refractivity contribution >= 4 is 94.0 Å². The van der Waals surface area contributed by atoms with E-state index in [9.17, 15) is 73.4 Å². The number of carboxylic acid groups (broad SMARTS) is 2. The number of aromatic carboxylic acids is 1. The van der Waals surface area contributed by atoms with Crippen molar-refractivity contribution in [1.29, 1.82) is 0 Å². The van der Waals surface area contributed by atoms with E-state index in [1.54, 1.807) is 4.72 Å². The Balaban J connectivity index is 0.000000403. The quantitative estimate of drug-likeness (QED) is 0.0134. The van der Waals surface area contributed by atoms with Crippen LogP contribution in [0.2, 0.25) is 15.1 Å². The van der Waals surface area contributed by atoms with Gasteiger partial charge in [-0.05, 0) is 68.3 Å². The highest BCUT2D eigenvalue weighted by Gasteiger charge is 2.32. The predicted octanol–water partition coefficient (Wildman–Crippen LogP) is 8.47. The molecule has 0 saturated carbocycles. The van der Waals surface area contributed by atoms with Gasteiger partial charge in [-0.25, -0.2) is 32.3 Å². The van der Waals surface area contributed by atoms with E-state index in [-0.39, 0.29) is 67.8 Å². The predicted molar refractivity (Wildman–Crippen MR) is 270 cm³/mol. The number of alkyl halides is 6. The molecule has 0 aliphatic rings. The third-order valence-electron chi connectivity index (χ3n) is 8.87. The largest absolute Gasteiger partial charge is 0.494 e. The third-order valence-corrected chi connectivity index (χ3v) is 11.8. The number of nitro benzene ring substituents is 1. The molecule has 4 aromatic carbocycles. The molecule has 0 atom stereocenters. The summed E-state index contributed by atoms with van der Waals surface area (Å²) in [5, 5.41) is 32.1. The van der Waals surface area contributed by atoms with Gasteiger partial charge < -0.3 is 43.7 Å². The number of ether oxygens (including phenoxy) is 5. The van der Waals surface area contributed by atoms with Crippen LogP contribution < -0.4 is 29.6 Å². The van der Waals surface area contributed by atoms with Gasteiger partial charge >= 0.3 is 55.9 Å². The summed E-state index contributed by atoms with van der Waals surface area (Å²) in [4.78, 5) is 93.6. The molecular weight excluding hydrogens is 1210 g/mol. The van der Waals surface area contributed by atoms with Crippen molar-refractivity contribution in [2.45, 2.75) is 43.9 Å². The number of carbonyl (C=O) groups excluding carboxylic acids is 3. The molecule has 5 rings (SSSR count). The molecular formula is C44H43Cl3F6N7O19PS. The number of carboxylic acids is 2. The van der Waals surface area contributed by atoms with E-state index in [2.05, 4.69) is 30.3 Å². The zero-order valence-corrected chi connectivity index (χ0v) is 45.6. The lowest BCUT2D eigenvalue weighted by Gasteiger charge is -2.13. The number of aromatic nitrogens is 3. The Morgan fingerprint density at radius 3 is 2.01 bits per heavy atom. The zero-order valence-electron chi connectivity index (χ0n) is 41.6. The van der Waals surface area contributed by atoms with E-state index in [4.69, 9.17) is 73.8 Å². The summed E-state index contributed by atoms with van der Waals surface area (Å²) in [5.41, 5.74) is -2.35. The van der Waals surface area contributed by atoms with Gasteiger partial charge in [0.15, 0.2) is 12.4 Å². The van der Waals surface area contributed by atoms with Gasteiger partial charge in [-0.1, -0.05) is 53.0 Å². The number of carbonyl (C=O) groups is 5. The first-order valence-electron chi connectivity index (χ1n) is 21.7. The standard InChI is InChI=1S/C18H13ClF3NO7.C15H16F3N5O4S.C8H6Cl2O3.C3H8NO5P/c1-2-28-16(24)9-29-17(25)12-8-11(4-5-14(12)23(26)27)30-15-6-3-10(7-13(15)19)18(20,21)22;1-9-19-12(22-14(20-9)27-2)21-13(24)23-28(25,26)11-6-4-3-5-10(11)7-8-15(16,17)18;1-13-7-5(10)3-2-4(9)6(7)8(11)12;5-3(6)1-4-2-10(7,8)9/h3-8H,2,9H2,1H3;3-6H,7-8H2,1-2H3,(H2,19,20,21,22,23,24);2-3H,1H3,(H,11,12);4H,1-2H2,(H,5,6)(H2,7,8,9). The zero-order chi connectivity index (χ0) is 61.6. The van der Waals surface area contributed by atoms with Gasteiger partial charge in [-0.2, -0.15) is 41.3 Å². The van der Waals surface area contributed by atoms with Crippen molar-refractivity contribution in [2.24, 2.45) is 0 Å². The number of urea groups is 1. The summed E-state index contributed by atoms with van der Waals surface area (Å²) in [5.74, 6) is -4.63. The monoisotopic (exact) mass is 1260 g/mol. The average molecular weight is 1260 g/mol. The number of halogens is 9. The maximum absolute atomic E-state index is 12.7. The number of sulfonamides is 1. The minimum Gasteiger partial charge on any atom is -0.494 e. The van der Waals surface area contributed by atoms with Gasteiger partial charge in [-0.3, -0.25) is 30.1 Å². The Morgan fingerprint density at radius 2 is 1.48 bits per heavy atom. The molecule has 1 heterocycles. The number of methoxy groups -OCH3 is 2. The van der Waals surface area contributed by atoms with Crippen LogP contribution in [0.4, 0.5) is 42.8 Å². The molecule has 5 aromatic rings. The maximum Gasteiger partial charge on any atom is 0.416 e. The lowest BCUT2D eigenvalue weighted by Crippen LogP contribution is -2.35. The van der Waals surface area contributed by atoms with Crippen LogP contribution in [0.5, 0.6) is 23.3 Å². The van der Waals surface area contributed by atoms with Crippen molar-refractivity contribution in [1.82, 2.24) is 25.0 Å². The fourth-order valence-electron chi connectivity index (χ4n) is 5.59. The normalized spacial score (nSPS) is 11.1. The summed E-state index contributed by atoms with van der Waals surface area (Å²) >= 11 is 17.2. The Hall–Kier alpha value is -7.65. The van der Waals surface area contributed by atoms with E-state index in [1.165, 1.54) is 58.4 Å². The number of anilines is 1. The minimum atomic E-state index is -4.61. The second-order valence-electron chi connectivity index (χ2n) is 14.9. The number of hydrogen-bond acceptors (Lipinski definition) is 19. The number of hydrogen-bond donors (Lipinski definition) is 7. The molecule has 442 valence electrons. The van der Waals surface area contributed by atoms with Gasteiger partial charge in [0, 0.05) is 18.6 Å². The minimum absolute atomic E-state index is 0.0493. The maximum atomic E-state index is 12.7. The second kappa shape index (κ2) is 31.4. The highest BCUT2D eigenvalue weighted by Crippen LogP contribution is 2.38. The molecule has 0 aliphatic heterocycles. The molecule has 0 spiro atoms. The summed E-state index contributed by atoms with van der Waals surface area (Å²) in [6, 6.07) is 12.1. The Bertz CT molecular complexity index is 3240. The first kappa shape index (κ1) is 69.5. The first-order chi connectivity index (χ1) is 37.5. The fourth-order valence-corrected chi connectivity index (χ4v) is 7.86. The highest BCUT2D eigenvalue weighted by molar-refractivity contribution is 7.90. The SMILES string of the molecule is CCOC(=O)COC(=O)c1cc(Oc2ccc(C(F)(F)F)cc2Cl)ccc1[N+](=O)[O-].COc1c(Cl)ccc(Cl)c1C(=O)O.COc1nc(C)nc(NC(=O)NS(=O)(=O)c2ccccc2CCC(F)(F)F)n1.O=C(O)CNCP(=O)(O)O. The number of aryl methyl sites for hydroxylation is 2. The van der Waals surface area contributed by atoms with Crippen molar-refractivity contribution < 1.29 is 112 Å². The van der Waals surface area contributed by atoms with Gasteiger partial charge in [0.25, 0.3) is 15.7 Å². The average Bonchev–Trinajstić information content (AvgIpc) is 3.35. The number of aliphatic carboxylic acids is 1. The number of rotatable bonds is 19. The van der Waals surface area contributed by atoms with E-state index in [0.717, 1.165) is 36.4 Å². The summed E-state index contributed by atoms with van der Waals surface area (Å²) in [6.45, 7) is 1.89. The third kappa shape index (κ3) is 24.7. The van der Waals surface area contributed by atoms with Crippen LogP contribution >= 0.6 is 42.4 Å². The molecule has 0 unspecified atom stereocenters. The molecule has 0 aliphatic carbocycles. The Labute approximate surface area is 468 Å². The van der Waals surface area contributed by atoms with E-state index in [1.807, 2.05) is 0 Å². The van der Waals surface area contributed by atoms with Gasteiger partial charge in [0.1, 0.15) is 28.5 Å². The number of nitrogens with zero attached hydrogens (tertiary/aromatic N) is 4. The highest BCUT2D eigenvalue weighted by atomic mass is 35.5. The van der Waals surface area contributed by atoms with Crippen LogP contribution in [-0.4, -0.2) is 125 Å². The van der Waals surface area contributed by atoms with Crippen LogP contribution in [0.3, 0.4) is 0 Å². The Kier molecular flexibility index (Phi) is 26.9. The van der Waals surface area contributed by atoms with Crippen molar-refractivity contribution in [3.8, 4) is 23.3 Å². The van der Waals surface area contributed by atoms with Crippen molar-refractivity contribution in [2.75, 3.05) is 45.6 Å². The number of esters is 2. The molecule has 0 fully saturated rings. The van der Waals surface area contributed by atoms with E-state index < -0.39 is 119 Å². The molecule has 0 radical (unpaired) electrons. The lowest BCUT2D eigenvalue weighted by molar-refractivity contribution is -0.385. The topological polar surface area (TPSA) is 382 Å². The van der Waals surface area contributed by atoms with E-state index >= 15 is 0 Å². The molecule has 7 N–H and O–H groups in total. The lowest BCUT2D eigenvalue weighted by atomic mass is 10.1. The number of amides is 2. The van der Waals surface area contributed by atoms with Gasteiger partial charge in [-0.15, -0.1) is 0 Å². The molecule has 1 aromatic heterocycles. The Morgan fingerprint density at radius 1 is 0.840 bits per heavy atom. The number of nitrogens with one attached hydrogen (secondary N) is 3. The van der Waals surface area contributed by atoms with Gasteiger partial charge in [0.05, 0.1) is 64.1 Å². The van der Waals surface area contributed by atoms with Gasteiger partial charge in [0.2, 0.25) is 5.95 Å². The van der Waals surface area contributed by atoms with E-state index in [0.29, 0.717) is 6.07 Å². The molecule has 2 amide bonds. The van der Waals surface area contributed by atoms with Crippen molar-refractivity contribution in [3.63, 3.8) is 0 Å². The summed E-state index contributed by atoms with van der Waals surface area (Å²) in [7, 11) is -5.90. The number of benzene rings is 4. The second-order valence-corrected chi connectivity index (χ2v) is 19.4. The molecule has 37 heteroatoms.